The monoisotopic (exact) mass is 399 g/mol. The van der Waals surface area contributed by atoms with Crippen molar-refractivity contribution in [2.75, 3.05) is 7.11 Å². The van der Waals surface area contributed by atoms with Crippen molar-refractivity contribution in [2.24, 2.45) is 0 Å². The van der Waals surface area contributed by atoms with Crippen LogP contribution < -0.4 is 0 Å². The molecule has 0 saturated carbocycles. The fraction of sp³-hybridized carbons (Fsp3) is 0.467. The molecule has 0 aliphatic carbocycles. The Bertz CT molecular complexity index is 678. The number of halogens is 1. The lowest BCUT2D eigenvalue weighted by molar-refractivity contribution is -0.292. The van der Waals surface area contributed by atoms with Crippen LogP contribution in [0.15, 0.2) is 34.9 Å². The lowest BCUT2D eigenvalue weighted by Crippen LogP contribution is -2.58. The van der Waals surface area contributed by atoms with Gasteiger partial charge >= 0.3 is 0 Å². The molecule has 5 atom stereocenters. The van der Waals surface area contributed by atoms with Crippen LogP contribution in [-0.2, 0) is 16.0 Å². The molecule has 0 radical (unpaired) electrons. The van der Waals surface area contributed by atoms with Crippen molar-refractivity contribution < 1.29 is 24.8 Å². The molecule has 3 N–H and O–H groups in total. The number of hydrogen-bond acceptors (Lipinski definition) is 7. The number of methoxy groups -OCH3 is 1. The minimum atomic E-state index is -1.36. The van der Waals surface area contributed by atoms with Crippen LogP contribution in [0.3, 0.4) is 0 Å². The van der Waals surface area contributed by atoms with Crippen LogP contribution in [0.5, 0.6) is 0 Å². The van der Waals surface area contributed by atoms with Crippen molar-refractivity contribution in [3.63, 3.8) is 0 Å². The molecule has 1 aliphatic rings. The number of rotatable bonds is 4. The van der Waals surface area contributed by atoms with Gasteiger partial charge in [0, 0.05) is 17.1 Å². The zero-order valence-corrected chi connectivity index (χ0v) is 14.4. The Morgan fingerprint density at radius 2 is 1.88 bits per heavy atom. The van der Waals surface area contributed by atoms with Crippen LogP contribution in [0.4, 0.5) is 0 Å². The largest absolute Gasteiger partial charge is 0.388 e. The molecule has 0 amide bonds. The number of aromatic nitrogens is 3. The Morgan fingerprint density at radius 1 is 1.17 bits per heavy atom. The van der Waals surface area contributed by atoms with Crippen LogP contribution in [0, 0.1) is 0 Å². The van der Waals surface area contributed by atoms with Gasteiger partial charge in [0.15, 0.2) is 6.29 Å². The predicted octanol–water partition coefficient (Wildman–Crippen LogP) is 0.162. The Kier molecular flexibility index (Phi) is 5.28. The highest BCUT2D eigenvalue weighted by Gasteiger charge is 2.44. The van der Waals surface area contributed by atoms with Gasteiger partial charge in [-0.1, -0.05) is 33.3 Å². The molecule has 2 aromatic rings. The van der Waals surface area contributed by atoms with E-state index < -0.39 is 30.7 Å². The summed E-state index contributed by atoms with van der Waals surface area (Å²) in [6.45, 7) is 0.161. The molecule has 1 aromatic heterocycles. The molecular formula is C15H18BrN3O5. The first kappa shape index (κ1) is 17.5. The SMILES string of the molecule is CO[C@@H]1O[C@H](Cn2cc(-c3ccc(Br)cc3)nn2)[C@H](O)[C@H](O)[C@H]1O. The van der Waals surface area contributed by atoms with Crippen LogP contribution in [-0.4, -0.2) is 68.1 Å². The van der Waals surface area contributed by atoms with Crippen molar-refractivity contribution in [1.82, 2.24) is 15.0 Å². The number of hydrogen-bond donors (Lipinski definition) is 3. The molecular weight excluding hydrogens is 382 g/mol. The zero-order valence-electron chi connectivity index (χ0n) is 12.9. The maximum Gasteiger partial charge on any atom is 0.186 e. The van der Waals surface area contributed by atoms with Gasteiger partial charge in [0.25, 0.3) is 0 Å². The van der Waals surface area contributed by atoms with E-state index in [4.69, 9.17) is 9.47 Å². The van der Waals surface area contributed by atoms with Crippen LogP contribution in [0.1, 0.15) is 0 Å². The first-order valence-electron chi connectivity index (χ1n) is 7.38. The van der Waals surface area contributed by atoms with E-state index in [0.717, 1.165) is 10.0 Å². The van der Waals surface area contributed by atoms with E-state index in [2.05, 4.69) is 26.2 Å². The molecule has 0 bridgehead atoms. The van der Waals surface area contributed by atoms with E-state index in [1.807, 2.05) is 24.3 Å². The van der Waals surface area contributed by atoms with Gasteiger partial charge in [-0.2, -0.15) is 0 Å². The van der Waals surface area contributed by atoms with E-state index in [-0.39, 0.29) is 6.54 Å². The fourth-order valence-corrected chi connectivity index (χ4v) is 2.85. The molecule has 3 rings (SSSR count). The highest BCUT2D eigenvalue weighted by Crippen LogP contribution is 2.24. The van der Waals surface area contributed by atoms with Gasteiger partial charge in [-0.25, -0.2) is 4.68 Å². The minimum absolute atomic E-state index is 0.161. The van der Waals surface area contributed by atoms with E-state index >= 15 is 0 Å². The molecule has 1 aromatic carbocycles. The summed E-state index contributed by atoms with van der Waals surface area (Å²) in [7, 11) is 1.36. The van der Waals surface area contributed by atoms with E-state index in [1.54, 1.807) is 6.20 Å². The number of ether oxygens (including phenoxy) is 2. The molecule has 1 aliphatic heterocycles. The van der Waals surface area contributed by atoms with Crippen LogP contribution in [0.25, 0.3) is 11.3 Å². The summed E-state index contributed by atoms with van der Waals surface area (Å²) in [5, 5.41) is 37.9. The number of aliphatic hydroxyl groups excluding tert-OH is 3. The van der Waals surface area contributed by atoms with Gasteiger partial charge in [-0.05, 0) is 12.1 Å². The molecule has 9 heteroatoms. The fourth-order valence-electron chi connectivity index (χ4n) is 2.59. The van der Waals surface area contributed by atoms with E-state index in [9.17, 15) is 15.3 Å². The standard InChI is InChI=1S/C15H18BrN3O5/c1-23-15-14(22)13(21)12(20)11(24-15)7-19-6-10(17-18-19)8-2-4-9(16)5-3-8/h2-6,11-15,20-22H,7H2,1H3/t11-,12+,13+,14-,15-/m1/s1. The van der Waals surface area contributed by atoms with Gasteiger partial charge < -0.3 is 24.8 Å². The van der Waals surface area contributed by atoms with Gasteiger partial charge in [0.05, 0.1) is 12.7 Å². The van der Waals surface area contributed by atoms with Gasteiger partial charge in [0.1, 0.15) is 30.1 Å². The lowest BCUT2D eigenvalue weighted by Gasteiger charge is -2.39. The summed E-state index contributed by atoms with van der Waals surface area (Å²) in [6.07, 6.45) is -4.00. The van der Waals surface area contributed by atoms with Gasteiger partial charge in [-0.3, -0.25) is 0 Å². The quantitative estimate of drug-likeness (QED) is 0.671. The molecule has 0 unspecified atom stereocenters. The van der Waals surface area contributed by atoms with Crippen molar-refractivity contribution in [1.29, 1.82) is 0 Å². The van der Waals surface area contributed by atoms with Crippen molar-refractivity contribution in [3.8, 4) is 11.3 Å². The highest BCUT2D eigenvalue weighted by atomic mass is 79.9. The number of benzene rings is 1. The third-order valence-corrected chi connectivity index (χ3v) is 4.48. The van der Waals surface area contributed by atoms with E-state index in [0.29, 0.717) is 5.69 Å². The third-order valence-electron chi connectivity index (χ3n) is 3.95. The highest BCUT2D eigenvalue weighted by molar-refractivity contribution is 9.10. The molecule has 1 fully saturated rings. The average Bonchev–Trinajstić information content (AvgIpc) is 3.04. The minimum Gasteiger partial charge on any atom is -0.388 e. The van der Waals surface area contributed by atoms with E-state index in [1.165, 1.54) is 11.8 Å². The van der Waals surface area contributed by atoms with Crippen LogP contribution >= 0.6 is 15.9 Å². The molecule has 1 saturated heterocycles. The first-order valence-corrected chi connectivity index (χ1v) is 8.17. The summed E-state index contributed by atoms with van der Waals surface area (Å²) >= 11 is 3.38. The molecule has 24 heavy (non-hydrogen) atoms. The molecule has 130 valence electrons. The Balaban J connectivity index is 1.73. The van der Waals surface area contributed by atoms with Crippen molar-refractivity contribution >= 4 is 15.9 Å². The summed E-state index contributed by atoms with van der Waals surface area (Å²) in [6, 6.07) is 7.63. The summed E-state index contributed by atoms with van der Waals surface area (Å²) in [5.41, 5.74) is 1.58. The maximum atomic E-state index is 10.1. The number of aliphatic hydroxyl groups is 3. The van der Waals surface area contributed by atoms with Crippen molar-refractivity contribution in [3.05, 3.63) is 34.9 Å². The Labute approximate surface area is 146 Å². The van der Waals surface area contributed by atoms with Gasteiger partial charge in [-0.15, -0.1) is 5.10 Å². The average molecular weight is 400 g/mol. The second-order valence-corrected chi connectivity index (χ2v) is 6.50. The molecule has 2 heterocycles. The van der Waals surface area contributed by atoms with Gasteiger partial charge in [0.2, 0.25) is 0 Å². The summed E-state index contributed by atoms with van der Waals surface area (Å²) in [4.78, 5) is 0. The maximum absolute atomic E-state index is 10.1. The lowest BCUT2D eigenvalue weighted by atomic mass is 9.99. The molecule has 0 spiro atoms. The topological polar surface area (TPSA) is 110 Å². The van der Waals surface area contributed by atoms with Crippen molar-refractivity contribution in [2.45, 2.75) is 37.3 Å². The number of nitrogens with zero attached hydrogens (tertiary/aromatic N) is 3. The third kappa shape index (κ3) is 3.51. The summed E-state index contributed by atoms with van der Waals surface area (Å²) < 4.78 is 13.0. The first-order chi connectivity index (χ1) is 11.5. The summed E-state index contributed by atoms with van der Waals surface area (Å²) in [5.74, 6) is 0. The smallest absolute Gasteiger partial charge is 0.186 e. The Morgan fingerprint density at radius 3 is 2.54 bits per heavy atom. The van der Waals surface area contributed by atoms with Crippen LogP contribution in [0.2, 0.25) is 0 Å². The second kappa shape index (κ2) is 7.26. The predicted molar refractivity (Wildman–Crippen MR) is 86.8 cm³/mol. The zero-order chi connectivity index (χ0) is 17.3. The second-order valence-electron chi connectivity index (χ2n) is 5.58. The normalized spacial score (nSPS) is 30.5. The molecule has 8 nitrogen and oxygen atoms in total. The Hall–Kier alpha value is -1.36.